The zero-order chi connectivity index (χ0) is 12.2. The Labute approximate surface area is 106 Å². The van der Waals surface area contributed by atoms with Crippen LogP contribution < -0.4 is 5.73 Å². The van der Waals surface area contributed by atoms with Crippen LogP contribution in [0.3, 0.4) is 0 Å². The summed E-state index contributed by atoms with van der Waals surface area (Å²) in [6.45, 7) is 3.99. The first kappa shape index (κ1) is 13.7. The minimum atomic E-state index is -0.602. The number of thioether (sulfide) groups is 1. The summed E-state index contributed by atoms with van der Waals surface area (Å²) in [5.41, 5.74) is 5.68. The number of rotatable bonds is 5. The van der Waals surface area contributed by atoms with E-state index in [0.29, 0.717) is 16.5 Å². The Balaban J connectivity index is 2.67. The van der Waals surface area contributed by atoms with Crippen molar-refractivity contribution in [3.05, 3.63) is 23.2 Å². The molecule has 0 bridgehead atoms. The van der Waals surface area contributed by atoms with Gasteiger partial charge in [0, 0.05) is 16.3 Å². The molecule has 90 valence electrons. The molecule has 4 heteroatoms. The van der Waals surface area contributed by atoms with Crippen molar-refractivity contribution in [2.75, 3.05) is 11.5 Å². The quantitative estimate of drug-likeness (QED) is 0.628. The van der Waals surface area contributed by atoms with Gasteiger partial charge in [-0.15, -0.1) is 11.8 Å². The highest BCUT2D eigenvalue weighted by Gasteiger charge is 2.22. The minimum Gasteiger partial charge on any atom is -0.399 e. The molecule has 1 rings (SSSR count). The van der Waals surface area contributed by atoms with Crippen molar-refractivity contribution in [1.82, 2.24) is 0 Å². The highest BCUT2D eigenvalue weighted by atomic mass is 35.5. The van der Waals surface area contributed by atoms with Crippen LogP contribution in [0.4, 0.5) is 5.69 Å². The summed E-state index contributed by atoms with van der Waals surface area (Å²) < 4.78 is 0. The second-order valence-corrected chi connectivity index (χ2v) is 5.33. The summed E-state index contributed by atoms with van der Waals surface area (Å²) in [5, 5.41) is 10.8. The maximum atomic E-state index is 10.1. The number of aliphatic hydroxyl groups is 1. The van der Waals surface area contributed by atoms with Crippen LogP contribution in [-0.4, -0.2) is 16.5 Å². The fraction of sp³-hybridized carbons (Fsp3) is 0.500. The Morgan fingerprint density at radius 1 is 1.38 bits per heavy atom. The smallest absolute Gasteiger partial charge is 0.0736 e. The Bertz CT molecular complexity index is 353. The lowest BCUT2D eigenvalue weighted by Gasteiger charge is -2.24. The SMILES string of the molecule is CCC(O)(CC)CSc1ccc(N)cc1Cl. The summed E-state index contributed by atoms with van der Waals surface area (Å²) in [6, 6.07) is 5.46. The minimum absolute atomic E-state index is 0.602. The monoisotopic (exact) mass is 259 g/mol. The van der Waals surface area contributed by atoms with Gasteiger partial charge in [-0.05, 0) is 31.0 Å². The maximum absolute atomic E-state index is 10.1. The average molecular weight is 260 g/mol. The van der Waals surface area contributed by atoms with Crippen molar-refractivity contribution >= 4 is 29.1 Å². The predicted molar refractivity (Wildman–Crippen MR) is 72.1 cm³/mol. The normalized spacial score (nSPS) is 11.8. The number of hydrogen-bond donors (Lipinski definition) is 2. The molecule has 1 aromatic rings. The Hall–Kier alpha value is -0.380. The standard InChI is InChI=1S/C12H18ClNOS/c1-3-12(15,4-2)8-16-11-6-5-9(14)7-10(11)13/h5-7,15H,3-4,8,14H2,1-2H3. The van der Waals surface area contributed by atoms with Crippen LogP contribution in [-0.2, 0) is 0 Å². The molecule has 0 heterocycles. The van der Waals surface area contributed by atoms with Crippen molar-refractivity contribution in [2.24, 2.45) is 0 Å². The van der Waals surface area contributed by atoms with Gasteiger partial charge in [0.1, 0.15) is 0 Å². The molecule has 0 atom stereocenters. The van der Waals surface area contributed by atoms with E-state index in [1.807, 2.05) is 26.0 Å². The fourth-order valence-electron chi connectivity index (χ4n) is 1.30. The number of benzene rings is 1. The number of anilines is 1. The summed E-state index contributed by atoms with van der Waals surface area (Å²) in [4.78, 5) is 0.969. The number of nitrogens with two attached hydrogens (primary N) is 1. The van der Waals surface area contributed by atoms with Crippen molar-refractivity contribution in [3.8, 4) is 0 Å². The molecule has 0 saturated carbocycles. The van der Waals surface area contributed by atoms with Crippen LogP contribution in [0.5, 0.6) is 0 Å². The lowest BCUT2D eigenvalue weighted by Crippen LogP contribution is -2.29. The Morgan fingerprint density at radius 3 is 2.50 bits per heavy atom. The number of hydrogen-bond acceptors (Lipinski definition) is 3. The van der Waals surface area contributed by atoms with E-state index in [9.17, 15) is 5.11 Å². The topological polar surface area (TPSA) is 46.2 Å². The van der Waals surface area contributed by atoms with Gasteiger partial charge in [0.05, 0.1) is 10.6 Å². The van der Waals surface area contributed by atoms with Gasteiger partial charge in [-0.3, -0.25) is 0 Å². The molecule has 0 aliphatic rings. The molecular formula is C12H18ClNOS. The van der Waals surface area contributed by atoms with E-state index in [1.54, 1.807) is 17.8 Å². The first-order valence-electron chi connectivity index (χ1n) is 5.41. The molecule has 0 aliphatic carbocycles. The molecule has 0 radical (unpaired) electrons. The van der Waals surface area contributed by atoms with Gasteiger partial charge < -0.3 is 10.8 Å². The van der Waals surface area contributed by atoms with Crippen molar-refractivity contribution < 1.29 is 5.11 Å². The third-order valence-corrected chi connectivity index (χ3v) is 4.54. The first-order chi connectivity index (χ1) is 7.50. The van der Waals surface area contributed by atoms with E-state index in [1.165, 1.54) is 0 Å². The van der Waals surface area contributed by atoms with Crippen LogP contribution in [0.25, 0.3) is 0 Å². The molecule has 16 heavy (non-hydrogen) atoms. The third kappa shape index (κ3) is 3.58. The highest BCUT2D eigenvalue weighted by Crippen LogP contribution is 2.32. The van der Waals surface area contributed by atoms with Crippen LogP contribution in [0.1, 0.15) is 26.7 Å². The molecule has 3 N–H and O–H groups in total. The van der Waals surface area contributed by atoms with E-state index in [-0.39, 0.29) is 0 Å². The molecule has 0 amide bonds. The first-order valence-corrected chi connectivity index (χ1v) is 6.77. The van der Waals surface area contributed by atoms with Gasteiger partial charge >= 0.3 is 0 Å². The zero-order valence-electron chi connectivity index (χ0n) is 9.66. The van der Waals surface area contributed by atoms with Crippen LogP contribution >= 0.6 is 23.4 Å². The molecule has 2 nitrogen and oxygen atoms in total. The number of halogens is 1. The largest absolute Gasteiger partial charge is 0.399 e. The van der Waals surface area contributed by atoms with Crippen LogP contribution in [0.2, 0.25) is 5.02 Å². The van der Waals surface area contributed by atoms with Crippen molar-refractivity contribution in [1.29, 1.82) is 0 Å². The van der Waals surface area contributed by atoms with E-state index in [4.69, 9.17) is 17.3 Å². The number of nitrogen functional groups attached to an aromatic ring is 1. The third-order valence-electron chi connectivity index (χ3n) is 2.77. The lowest BCUT2D eigenvalue weighted by molar-refractivity contribution is 0.0572. The molecular weight excluding hydrogens is 242 g/mol. The molecule has 1 aromatic carbocycles. The molecule has 0 saturated heterocycles. The second kappa shape index (κ2) is 5.80. The summed E-state index contributed by atoms with van der Waals surface area (Å²) in [5.74, 6) is 0.656. The van der Waals surface area contributed by atoms with Gasteiger partial charge in [-0.2, -0.15) is 0 Å². The molecule has 0 fully saturated rings. The van der Waals surface area contributed by atoms with Crippen LogP contribution in [0, 0.1) is 0 Å². The summed E-state index contributed by atoms with van der Waals surface area (Å²) in [7, 11) is 0. The predicted octanol–water partition coefficient (Wildman–Crippen LogP) is 3.57. The highest BCUT2D eigenvalue weighted by molar-refractivity contribution is 7.99. The Kier molecular flexibility index (Phi) is 4.96. The van der Waals surface area contributed by atoms with E-state index in [2.05, 4.69) is 0 Å². The van der Waals surface area contributed by atoms with E-state index in [0.717, 1.165) is 17.7 Å². The van der Waals surface area contributed by atoms with Gasteiger partial charge in [0.15, 0.2) is 0 Å². The van der Waals surface area contributed by atoms with E-state index >= 15 is 0 Å². The van der Waals surface area contributed by atoms with Crippen molar-refractivity contribution in [2.45, 2.75) is 37.2 Å². The molecule has 0 aliphatic heterocycles. The van der Waals surface area contributed by atoms with E-state index < -0.39 is 5.60 Å². The van der Waals surface area contributed by atoms with Crippen molar-refractivity contribution in [3.63, 3.8) is 0 Å². The Morgan fingerprint density at radius 2 is 2.00 bits per heavy atom. The van der Waals surface area contributed by atoms with Gasteiger partial charge in [-0.25, -0.2) is 0 Å². The van der Waals surface area contributed by atoms with Gasteiger partial charge in [0.25, 0.3) is 0 Å². The second-order valence-electron chi connectivity index (χ2n) is 3.91. The summed E-state index contributed by atoms with van der Waals surface area (Å²) >= 11 is 7.64. The molecule has 0 spiro atoms. The molecule has 0 aromatic heterocycles. The van der Waals surface area contributed by atoms with Crippen LogP contribution in [0.15, 0.2) is 23.1 Å². The van der Waals surface area contributed by atoms with Gasteiger partial charge in [-0.1, -0.05) is 25.4 Å². The average Bonchev–Trinajstić information content (AvgIpc) is 2.27. The lowest BCUT2D eigenvalue weighted by atomic mass is 10.0. The fourth-order valence-corrected chi connectivity index (χ4v) is 2.85. The summed E-state index contributed by atoms with van der Waals surface area (Å²) in [6.07, 6.45) is 1.51. The maximum Gasteiger partial charge on any atom is 0.0736 e. The van der Waals surface area contributed by atoms with Gasteiger partial charge in [0.2, 0.25) is 0 Å². The molecule has 0 unspecified atom stereocenters. The zero-order valence-corrected chi connectivity index (χ0v) is 11.2.